The molecule has 1 aromatic rings. The van der Waals surface area contributed by atoms with Crippen LogP contribution in [0.25, 0.3) is 0 Å². The number of nitrogens with zero attached hydrogens (tertiary/aromatic N) is 1. The van der Waals surface area contributed by atoms with Crippen molar-refractivity contribution in [3.63, 3.8) is 0 Å². The molecule has 0 saturated carbocycles. The minimum atomic E-state index is -0.791. The van der Waals surface area contributed by atoms with Crippen LogP contribution in [0.15, 0.2) is 18.2 Å². The maximum absolute atomic E-state index is 12.1. The molecule has 0 spiro atoms. The molecule has 0 unspecified atom stereocenters. The summed E-state index contributed by atoms with van der Waals surface area (Å²) in [6.07, 6.45) is 0. The normalized spacial score (nSPS) is 9.83. The van der Waals surface area contributed by atoms with Gasteiger partial charge in [-0.2, -0.15) is 0 Å². The fraction of sp³-hybridized carbons (Fsp3) is 0.143. The zero-order chi connectivity index (χ0) is 9.14. The molecule has 0 aromatic heterocycles. The molecule has 0 amide bonds. The lowest BCUT2D eigenvalue weighted by Crippen LogP contribution is -1.89. The Morgan fingerprint density at radius 3 is 2.75 bits per heavy atom. The van der Waals surface area contributed by atoms with Gasteiger partial charge in [0.1, 0.15) is 6.67 Å². The standard InChI is InChI=1S/C7H5ClFNO2/c8-7-2-1-6(10(11)12)3-5(7)4-9/h1-3H,4H2. The Labute approximate surface area is 72.9 Å². The highest BCUT2D eigenvalue weighted by Gasteiger charge is 2.08. The van der Waals surface area contributed by atoms with E-state index in [4.69, 9.17) is 11.6 Å². The predicted octanol–water partition coefficient (Wildman–Crippen LogP) is 2.72. The van der Waals surface area contributed by atoms with E-state index in [0.29, 0.717) is 0 Å². The van der Waals surface area contributed by atoms with Crippen LogP contribution in [0.4, 0.5) is 10.1 Å². The minimum Gasteiger partial charge on any atom is -0.258 e. The van der Waals surface area contributed by atoms with Crippen molar-refractivity contribution in [2.45, 2.75) is 6.67 Å². The molecular formula is C7H5ClFNO2. The van der Waals surface area contributed by atoms with Gasteiger partial charge in [0.15, 0.2) is 0 Å². The largest absolute Gasteiger partial charge is 0.269 e. The van der Waals surface area contributed by atoms with Crippen LogP contribution in [-0.4, -0.2) is 4.92 Å². The quantitative estimate of drug-likeness (QED) is 0.530. The summed E-state index contributed by atoms with van der Waals surface area (Å²) in [6.45, 7) is -0.791. The first kappa shape index (κ1) is 8.93. The van der Waals surface area contributed by atoms with Crippen molar-refractivity contribution in [3.05, 3.63) is 38.9 Å². The third kappa shape index (κ3) is 1.71. The van der Waals surface area contributed by atoms with Crippen LogP contribution in [0.1, 0.15) is 5.56 Å². The lowest BCUT2D eigenvalue weighted by molar-refractivity contribution is -0.384. The Hall–Kier alpha value is -1.16. The van der Waals surface area contributed by atoms with Crippen molar-refractivity contribution in [2.75, 3.05) is 0 Å². The highest BCUT2D eigenvalue weighted by atomic mass is 35.5. The zero-order valence-corrected chi connectivity index (χ0v) is 6.71. The van der Waals surface area contributed by atoms with Gasteiger partial charge in [-0.3, -0.25) is 10.1 Å². The van der Waals surface area contributed by atoms with Crippen LogP contribution in [0, 0.1) is 10.1 Å². The van der Waals surface area contributed by atoms with Gasteiger partial charge in [0.05, 0.1) is 4.92 Å². The number of benzene rings is 1. The number of nitro benzene ring substituents is 1. The topological polar surface area (TPSA) is 43.1 Å². The van der Waals surface area contributed by atoms with Gasteiger partial charge in [0.2, 0.25) is 0 Å². The molecule has 0 N–H and O–H groups in total. The minimum absolute atomic E-state index is 0.144. The zero-order valence-electron chi connectivity index (χ0n) is 5.96. The van der Waals surface area contributed by atoms with E-state index in [9.17, 15) is 14.5 Å². The maximum atomic E-state index is 12.1. The van der Waals surface area contributed by atoms with Crippen LogP contribution in [-0.2, 0) is 6.67 Å². The molecule has 1 rings (SSSR count). The molecule has 3 nitrogen and oxygen atoms in total. The van der Waals surface area contributed by atoms with Crippen molar-refractivity contribution >= 4 is 17.3 Å². The van der Waals surface area contributed by atoms with Crippen molar-refractivity contribution in [1.29, 1.82) is 0 Å². The van der Waals surface area contributed by atoms with E-state index < -0.39 is 11.6 Å². The van der Waals surface area contributed by atoms with Gasteiger partial charge in [-0.25, -0.2) is 4.39 Å². The molecule has 64 valence electrons. The summed E-state index contributed by atoms with van der Waals surface area (Å²) in [6, 6.07) is 3.68. The number of nitro groups is 1. The molecule has 12 heavy (non-hydrogen) atoms. The monoisotopic (exact) mass is 189 g/mol. The average Bonchev–Trinajstić information content (AvgIpc) is 2.05. The van der Waals surface area contributed by atoms with E-state index in [2.05, 4.69) is 0 Å². The highest BCUT2D eigenvalue weighted by Crippen LogP contribution is 2.22. The molecule has 0 atom stereocenters. The Balaban J connectivity index is 3.13. The van der Waals surface area contributed by atoms with E-state index >= 15 is 0 Å². The average molecular weight is 190 g/mol. The molecule has 0 bridgehead atoms. The van der Waals surface area contributed by atoms with Gasteiger partial charge in [-0.1, -0.05) is 11.6 Å². The fourth-order valence-electron chi connectivity index (χ4n) is 0.777. The fourth-order valence-corrected chi connectivity index (χ4v) is 0.945. The Morgan fingerprint density at radius 2 is 2.25 bits per heavy atom. The SMILES string of the molecule is O=[N+]([O-])c1ccc(Cl)c(CF)c1. The third-order valence-electron chi connectivity index (χ3n) is 1.38. The van der Waals surface area contributed by atoms with E-state index in [1.807, 2.05) is 0 Å². The third-order valence-corrected chi connectivity index (χ3v) is 1.75. The van der Waals surface area contributed by atoms with Crippen molar-refractivity contribution in [3.8, 4) is 0 Å². The van der Waals surface area contributed by atoms with Gasteiger partial charge in [-0.15, -0.1) is 0 Å². The molecule has 0 aliphatic carbocycles. The van der Waals surface area contributed by atoms with E-state index in [-0.39, 0.29) is 16.3 Å². The van der Waals surface area contributed by atoms with Gasteiger partial charge in [0, 0.05) is 22.7 Å². The molecule has 0 aliphatic rings. The summed E-state index contributed by atoms with van der Waals surface area (Å²) in [5.74, 6) is 0. The van der Waals surface area contributed by atoms with Gasteiger partial charge in [0.25, 0.3) is 5.69 Å². The lowest BCUT2D eigenvalue weighted by Gasteiger charge is -1.97. The molecule has 1 aromatic carbocycles. The first-order valence-corrected chi connectivity index (χ1v) is 3.51. The van der Waals surface area contributed by atoms with Crippen LogP contribution in [0.5, 0.6) is 0 Å². The predicted molar refractivity (Wildman–Crippen MR) is 42.9 cm³/mol. The second kappa shape index (κ2) is 3.49. The number of hydrogen-bond acceptors (Lipinski definition) is 2. The summed E-state index contributed by atoms with van der Waals surface area (Å²) in [5.41, 5.74) is -0.00193. The van der Waals surface area contributed by atoms with Gasteiger partial charge < -0.3 is 0 Å². The number of non-ortho nitro benzene ring substituents is 1. The summed E-state index contributed by atoms with van der Waals surface area (Å²) in [5, 5.41) is 10.4. The molecule has 0 radical (unpaired) electrons. The second-order valence-corrected chi connectivity index (χ2v) is 2.57. The van der Waals surface area contributed by atoms with Crippen molar-refractivity contribution < 1.29 is 9.31 Å². The van der Waals surface area contributed by atoms with Crippen LogP contribution in [0.2, 0.25) is 5.02 Å². The van der Waals surface area contributed by atoms with Gasteiger partial charge in [-0.05, 0) is 6.07 Å². The molecule has 0 heterocycles. The second-order valence-electron chi connectivity index (χ2n) is 2.17. The summed E-state index contributed by atoms with van der Waals surface area (Å²) in [7, 11) is 0. The molecule has 0 aliphatic heterocycles. The molecule has 0 fully saturated rings. The maximum Gasteiger partial charge on any atom is 0.269 e. The number of halogens is 2. The number of hydrogen-bond donors (Lipinski definition) is 0. The van der Waals surface area contributed by atoms with Crippen molar-refractivity contribution in [1.82, 2.24) is 0 Å². The van der Waals surface area contributed by atoms with E-state index in [1.54, 1.807) is 0 Å². The Morgan fingerprint density at radius 1 is 1.58 bits per heavy atom. The highest BCUT2D eigenvalue weighted by molar-refractivity contribution is 6.31. The Bertz CT molecular complexity index is 316. The summed E-state index contributed by atoms with van der Waals surface area (Å²) < 4.78 is 12.1. The number of alkyl halides is 1. The van der Waals surface area contributed by atoms with E-state index in [0.717, 1.165) is 6.07 Å². The number of rotatable bonds is 2. The Kier molecular flexibility index (Phi) is 2.60. The summed E-state index contributed by atoms with van der Waals surface area (Å²) in [4.78, 5) is 9.63. The molecular weight excluding hydrogens is 185 g/mol. The lowest BCUT2D eigenvalue weighted by atomic mass is 10.2. The smallest absolute Gasteiger partial charge is 0.258 e. The first-order valence-electron chi connectivity index (χ1n) is 3.14. The first-order chi connectivity index (χ1) is 5.65. The molecule has 5 heteroatoms. The summed E-state index contributed by atoms with van der Waals surface area (Å²) >= 11 is 5.54. The van der Waals surface area contributed by atoms with Crippen LogP contribution >= 0.6 is 11.6 Å². The van der Waals surface area contributed by atoms with Crippen LogP contribution in [0.3, 0.4) is 0 Å². The molecule has 0 saturated heterocycles. The van der Waals surface area contributed by atoms with E-state index in [1.165, 1.54) is 12.1 Å². The van der Waals surface area contributed by atoms with Crippen LogP contribution < -0.4 is 0 Å². The van der Waals surface area contributed by atoms with Gasteiger partial charge >= 0.3 is 0 Å². The van der Waals surface area contributed by atoms with Crippen molar-refractivity contribution in [2.24, 2.45) is 0 Å².